The Labute approximate surface area is 107 Å². The summed E-state index contributed by atoms with van der Waals surface area (Å²) in [5.41, 5.74) is 0.277. The molecule has 1 aromatic rings. The van der Waals surface area contributed by atoms with Crippen molar-refractivity contribution in [1.29, 1.82) is 0 Å². The Morgan fingerprint density at radius 1 is 1.56 bits per heavy atom. The Bertz CT molecular complexity index is 353. The molecule has 1 N–H and O–H groups in total. The standard InChI is InChI=1S/C12H19ClN2S/c1-3-12(2)9-15(7-6-14-12)8-10-4-5-11(13)16-10/h4-5,14H,3,6-9H2,1-2H3. The van der Waals surface area contributed by atoms with Crippen LogP contribution >= 0.6 is 22.9 Å². The van der Waals surface area contributed by atoms with Gasteiger partial charge >= 0.3 is 0 Å². The van der Waals surface area contributed by atoms with Gasteiger partial charge in [-0.1, -0.05) is 18.5 Å². The van der Waals surface area contributed by atoms with Crippen molar-refractivity contribution in [2.24, 2.45) is 0 Å². The van der Waals surface area contributed by atoms with Crippen molar-refractivity contribution in [1.82, 2.24) is 10.2 Å². The first kappa shape index (κ1) is 12.4. The maximum Gasteiger partial charge on any atom is 0.0931 e. The van der Waals surface area contributed by atoms with Crippen molar-refractivity contribution < 1.29 is 0 Å². The van der Waals surface area contributed by atoms with E-state index in [1.165, 1.54) is 11.3 Å². The molecule has 1 fully saturated rings. The third-order valence-corrected chi connectivity index (χ3v) is 4.56. The van der Waals surface area contributed by atoms with E-state index in [9.17, 15) is 0 Å². The highest BCUT2D eigenvalue weighted by atomic mass is 35.5. The molecule has 4 heteroatoms. The average Bonchev–Trinajstić information content (AvgIpc) is 2.64. The normalized spacial score (nSPS) is 27.2. The molecule has 1 atom stereocenters. The van der Waals surface area contributed by atoms with E-state index >= 15 is 0 Å². The van der Waals surface area contributed by atoms with Crippen LogP contribution in [-0.4, -0.2) is 30.1 Å². The third-order valence-electron chi connectivity index (χ3n) is 3.34. The number of hydrogen-bond donors (Lipinski definition) is 1. The van der Waals surface area contributed by atoms with Crippen LogP contribution < -0.4 is 5.32 Å². The topological polar surface area (TPSA) is 15.3 Å². The van der Waals surface area contributed by atoms with Gasteiger partial charge in [-0.15, -0.1) is 11.3 Å². The molecular formula is C12H19ClN2S. The van der Waals surface area contributed by atoms with Gasteiger partial charge in [-0.2, -0.15) is 0 Å². The molecule has 90 valence electrons. The molecule has 2 rings (SSSR count). The van der Waals surface area contributed by atoms with Gasteiger partial charge in [0.25, 0.3) is 0 Å². The van der Waals surface area contributed by atoms with Crippen LogP contribution in [0.3, 0.4) is 0 Å². The van der Waals surface area contributed by atoms with Gasteiger partial charge in [-0.05, 0) is 25.5 Å². The fraction of sp³-hybridized carbons (Fsp3) is 0.667. The van der Waals surface area contributed by atoms with Crippen molar-refractivity contribution in [3.8, 4) is 0 Å². The molecule has 0 radical (unpaired) electrons. The Morgan fingerprint density at radius 3 is 3.00 bits per heavy atom. The monoisotopic (exact) mass is 258 g/mol. The molecule has 0 spiro atoms. The van der Waals surface area contributed by atoms with Gasteiger partial charge in [0.2, 0.25) is 0 Å². The molecule has 1 aromatic heterocycles. The van der Waals surface area contributed by atoms with E-state index in [0.717, 1.165) is 30.5 Å². The van der Waals surface area contributed by atoms with Crippen LogP contribution in [-0.2, 0) is 6.54 Å². The summed E-state index contributed by atoms with van der Waals surface area (Å²) in [5, 5.41) is 3.60. The molecule has 16 heavy (non-hydrogen) atoms. The van der Waals surface area contributed by atoms with Gasteiger partial charge in [0.15, 0.2) is 0 Å². The first-order chi connectivity index (χ1) is 7.61. The number of thiophene rings is 1. The molecule has 1 unspecified atom stereocenters. The molecule has 1 aliphatic rings. The summed E-state index contributed by atoms with van der Waals surface area (Å²) in [4.78, 5) is 3.88. The molecule has 0 saturated carbocycles. The van der Waals surface area contributed by atoms with Gasteiger partial charge in [0.1, 0.15) is 0 Å². The largest absolute Gasteiger partial charge is 0.309 e. The lowest BCUT2D eigenvalue weighted by Gasteiger charge is -2.41. The minimum Gasteiger partial charge on any atom is -0.309 e. The second-order valence-corrected chi connectivity index (χ2v) is 6.56. The number of halogens is 1. The summed E-state index contributed by atoms with van der Waals surface area (Å²) in [6.07, 6.45) is 1.18. The number of piperazine rings is 1. The van der Waals surface area contributed by atoms with Crippen LogP contribution in [0.5, 0.6) is 0 Å². The predicted octanol–water partition coefficient (Wildman–Crippen LogP) is 2.98. The molecule has 2 nitrogen and oxygen atoms in total. The second-order valence-electron chi connectivity index (χ2n) is 4.76. The molecule has 1 aliphatic heterocycles. The summed E-state index contributed by atoms with van der Waals surface area (Å²) >= 11 is 7.64. The predicted molar refractivity (Wildman–Crippen MR) is 71.3 cm³/mol. The zero-order valence-corrected chi connectivity index (χ0v) is 11.5. The molecular weight excluding hydrogens is 240 g/mol. The van der Waals surface area contributed by atoms with Crippen molar-refractivity contribution in [3.05, 3.63) is 21.3 Å². The third kappa shape index (κ3) is 2.98. The van der Waals surface area contributed by atoms with Gasteiger partial charge in [-0.25, -0.2) is 0 Å². The summed E-state index contributed by atoms with van der Waals surface area (Å²) in [7, 11) is 0. The number of nitrogens with one attached hydrogen (secondary N) is 1. The summed E-state index contributed by atoms with van der Waals surface area (Å²) in [6.45, 7) is 8.93. The van der Waals surface area contributed by atoms with E-state index in [1.54, 1.807) is 11.3 Å². The Morgan fingerprint density at radius 2 is 2.38 bits per heavy atom. The second kappa shape index (κ2) is 5.05. The van der Waals surface area contributed by atoms with E-state index in [1.807, 2.05) is 6.07 Å². The lowest BCUT2D eigenvalue weighted by Crippen LogP contribution is -2.57. The molecule has 0 bridgehead atoms. The van der Waals surface area contributed by atoms with Crippen LogP contribution in [0.25, 0.3) is 0 Å². The van der Waals surface area contributed by atoms with Gasteiger partial charge in [0, 0.05) is 36.6 Å². The van der Waals surface area contributed by atoms with Gasteiger partial charge < -0.3 is 5.32 Å². The lowest BCUT2D eigenvalue weighted by atomic mass is 9.96. The molecule has 0 aliphatic carbocycles. The van der Waals surface area contributed by atoms with Crippen molar-refractivity contribution in [2.75, 3.05) is 19.6 Å². The SMILES string of the molecule is CCC1(C)CN(Cc2ccc(Cl)s2)CCN1. The van der Waals surface area contributed by atoms with Crippen LogP contribution in [0.4, 0.5) is 0 Å². The number of rotatable bonds is 3. The van der Waals surface area contributed by atoms with Crippen LogP contribution in [0.2, 0.25) is 4.34 Å². The minimum absolute atomic E-state index is 0.277. The van der Waals surface area contributed by atoms with E-state index in [4.69, 9.17) is 11.6 Å². The fourth-order valence-corrected chi connectivity index (χ4v) is 3.30. The van der Waals surface area contributed by atoms with Gasteiger partial charge in [-0.3, -0.25) is 4.90 Å². The summed E-state index contributed by atoms with van der Waals surface area (Å²) in [5.74, 6) is 0. The number of hydrogen-bond acceptors (Lipinski definition) is 3. The van der Waals surface area contributed by atoms with Crippen LogP contribution in [0, 0.1) is 0 Å². The maximum absolute atomic E-state index is 5.95. The Kier molecular flexibility index (Phi) is 3.90. The zero-order chi connectivity index (χ0) is 11.6. The van der Waals surface area contributed by atoms with E-state index < -0.39 is 0 Å². The highest BCUT2D eigenvalue weighted by Crippen LogP contribution is 2.24. The Hall–Kier alpha value is -0.0900. The average molecular weight is 259 g/mol. The van der Waals surface area contributed by atoms with Crippen LogP contribution in [0.1, 0.15) is 25.1 Å². The van der Waals surface area contributed by atoms with Crippen LogP contribution in [0.15, 0.2) is 12.1 Å². The molecule has 0 amide bonds. The number of nitrogens with zero attached hydrogens (tertiary/aromatic N) is 1. The minimum atomic E-state index is 0.277. The summed E-state index contributed by atoms with van der Waals surface area (Å²) < 4.78 is 0.892. The van der Waals surface area contributed by atoms with Crippen molar-refractivity contribution in [3.63, 3.8) is 0 Å². The van der Waals surface area contributed by atoms with Crippen molar-refractivity contribution >= 4 is 22.9 Å². The zero-order valence-electron chi connectivity index (χ0n) is 9.92. The lowest BCUT2D eigenvalue weighted by molar-refractivity contribution is 0.134. The van der Waals surface area contributed by atoms with E-state index in [2.05, 4.69) is 30.1 Å². The first-order valence-electron chi connectivity index (χ1n) is 5.83. The highest BCUT2D eigenvalue weighted by molar-refractivity contribution is 7.16. The van der Waals surface area contributed by atoms with Gasteiger partial charge in [0.05, 0.1) is 4.34 Å². The van der Waals surface area contributed by atoms with E-state index in [0.29, 0.717) is 0 Å². The smallest absolute Gasteiger partial charge is 0.0931 e. The first-order valence-corrected chi connectivity index (χ1v) is 7.02. The molecule has 1 saturated heterocycles. The quantitative estimate of drug-likeness (QED) is 0.897. The highest BCUT2D eigenvalue weighted by Gasteiger charge is 2.28. The van der Waals surface area contributed by atoms with E-state index in [-0.39, 0.29) is 5.54 Å². The Balaban J connectivity index is 1.95. The maximum atomic E-state index is 5.95. The van der Waals surface area contributed by atoms with Crippen molar-refractivity contribution in [2.45, 2.75) is 32.4 Å². The molecule has 0 aromatic carbocycles. The summed E-state index contributed by atoms with van der Waals surface area (Å²) in [6, 6.07) is 4.13. The molecule has 2 heterocycles. The fourth-order valence-electron chi connectivity index (χ4n) is 2.17.